The second kappa shape index (κ2) is 9.15. The fraction of sp³-hybridized carbons (Fsp3) is 0.182. The predicted octanol–water partition coefficient (Wildman–Crippen LogP) is 3.56. The molecule has 12 heteroatoms. The van der Waals surface area contributed by atoms with Crippen LogP contribution < -0.4 is 0 Å². The molecule has 172 valence electrons. The number of nitro groups is 1. The third-order valence-electron chi connectivity index (χ3n) is 5.38. The van der Waals surface area contributed by atoms with Crippen molar-refractivity contribution in [3.63, 3.8) is 0 Å². The molecule has 34 heavy (non-hydrogen) atoms. The highest BCUT2D eigenvalue weighted by Gasteiger charge is 2.29. The Morgan fingerprint density at radius 3 is 2.24 bits per heavy atom. The summed E-state index contributed by atoms with van der Waals surface area (Å²) in [7, 11) is 0. The van der Waals surface area contributed by atoms with Gasteiger partial charge < -0.3 is 9.80 Å². The second-order valence-corrected chi connectivity index (χ2v) is 9.47. The average Bonchev–Trinajstić information content (AvgIpc) is 3.64. The maximum Gasteiger partial charge on any atom is 0.324 e. The minimum atomic E-state index is -0.510. The van der Waals surface area contributed by atoms with Crippen LogP contribution in [0.25, 0.3) is 16.4 Å². The van der Waals surface area contributed by atoms with Crippen LogP contribution in [-0.2, 0) is 0 Å². The van der Waals surface area contributed by atoms with Crippen LogP contribution in [0.4, 0.5) is 5.00 Å². The summed E-state index contributed by atoms with van der Waals surface area (Å²) < 4.78 is 1.67. The molecule has 0 radical (unpaired) electrons. The number of carbonyl (C=O) groups excluding carboxylic acids is 2. The van der Waals surface area contributed by atoms with Crippen molar-refractivity contribution >= 4 is 39.5 Å². The Kier molecular flexibility index (Phi) is 5.90. The maximum atomic E-state index is 13.2. The van der Waals surface area contributed by atoms with Gasteiger partial charge in [0.15, 0.2) is 5.82 Å². The van der Waals surface area contributed by atoms with Gasteiger partial charge in [0, 0.05) is 32.2 Å². The van der Waals surface area contributed by atoms with Crippen molar-refractivity contribution in [3.05, 3.63) is 80.8 Å². The first-order valence-corrected chi connectivity index (χ1v) is 12.1. The Bertz CT molecular complexity index is 1340. The number of amides is 2. The van der Waals surface area contributed by atoms with E-state index in [2.05, 4.69) is 10.1 Å². The molecule has 5 rings (SSSR count). The second-order valence-electron chi connectivity index (χ2n) is 7.46. The number of aromatic nitrogens is 3. The molecule has 4 heterocycles. The van der Waals surface area contributed by atoms with Gasteiger partial charge in [-0.15, -0.1) is 16.4 Å². The van der Waals surface area contributed by atoms with E-state index in [-0.39, 0.29) is 22.6 Å². The van der Waals surface area contributed by atoms with Crippen LogP contribution in [0.5, 0.6) is 0 Å². The third-order valence-corrected chi connectivity index (χ3v) is 7.27. The Hall–Kier alpha value is -3.90. The zero-order chi connectivity index (χ0) is 23.7. The first-order valence-electron chi connectivity index (χ1n) is 10.4. The highest BCUT2D eigenvalue weighted by atomic mass is 32.1. The minimum absolute atomic E-state index is 0.0706. The van der Waals surface area contributed by atoms with Gasteiger partial charge in [-0.1, -0.05) is 35.6 Å². The van der Waals surface area contributed by atoms with E-state index in [0.29, 0.717) is 36.9 Å². The lowest BCUT2D eigenvalue weighted by molar-refractivity contribution is -0.380. The smallest absolute Gasteiger partial charge is 0.324 e. The van der Waals surface area contributed by atoms with Gasteiger partial charge in [-0.2, -0.15) is 0 Å². The molecule has 4 aromatic rings. The topological polar surface area (TPSA) is 114 Å². The van der Waals surface area contributed by atoms with Crippen LogP contribution in [0.3, 0.4) is 0 Å². The highest BCUT2D eigenvalue weighted by molar-refractivity contribution is 7.17. The molecule has 1 saturated heterocycles. The average molecular weight is 495 g/mol. The molecule has 1 fully saturated rings. The molecular formula is C22H18N6O4S2. The van der Waals surface area contributed by atoms with Crippen LogP contribution in [0, 0.1) is 10.1 Å². The van der Waals surface area contributed by atoms with Crippen LogP contribution >= 0.6 is 22.7 Å². The van der Waals surface area contributed by atoms with Crippen LogP contribution in [0.15, 0.2) is 60.0 Å². The summed E-state index contributed by atoms with van der Waals surface area (Å²) in [6.45, 7) is 1.30. The van der Waals surface area contributed by atoms with Gasteiger partial charge >= 0.3 is 5.00 Å². The quantitative estimate of drug-likeness (QED) is 0.310. The number of carbonyl (C=O) groups is 2. The summed E-state index contributed by atoms with van der Waals surface area (Å²) in [5.74, 6) is 0.126. The van der Waals surface area contributed by atoms with E-state index in [1.807, 2.05) is 47.8 Å². The van der Waals surface area contributed by atoms with Gasteiger partial charge in [-0.25, -0.2) is 9.67 Å². The highest BCUT2D eigenvalue weighted by Crippen LogP contribution is 2.27. The molecule has 0 bridgehead atoms. The van der Waals surface area contributed by atoms with Gasteiger partial charge in [0.2, 0.25) is 5.82 Å². The summed E-state index contributed by atoms with van der Waals surface area (Å²) in [4.78, 5) is 45.3. The molecule has 0 unspecified atom stereocenters. The van der Waals surface area contributed by atoms with Crippen molar-refractivity contribution in [1.82, 2.24) is 24.6 Å². The monoisotopic (exact) mass is 494 g/mol. The molecule has 0 spiro atoms. The van der Waals surface area contributed by atoms with Crippen molar-refractivity contribution in [2.75, 3.05) is 26.2 Å². The molecule has 3 aromatic heterocycles. The molecule has 1 aliphatic heterocycles. The Labute approximate surface area is 201 Å². The molecule has 0 N–H and O–H groups in total. The van der Waals surface area contributed by atoms with E-state index in [1.165, 1.54) is 23.5 Å². The largest absolute Gasteiger partial charge is 0.334 e. The van der Waals surface area contributed by atoms with Crippen LogP contribution in [-0.4, -0.2) is 67.5 Å². The molecule has 0 atom stereocenters. The summed E-state index contributed by atoms with van der Waals surface area (Å²) >= 11 is 2.37. The molecule has 1 aromatic carbocycles. The molecular weight excluding hydrogens is 476 g/mol. The number of thiophene rings is 2. The number of piperazine rings is 1. The SMILES string of the molecule is O=C(c1nc(-c2cccs2)n(-c2ccccc2)n1)N1CCN(C(=O)c2ccc([N+](=O)[O-])s2)CC1. The van der Waals surface area contributed by atoms with Crippen LogP contribution in [0.2, 0.25) is 0 Å². The first kappa shape index (κ1) is 21.9. The van der Waals surface area contributed by atoms with Crippen molar-refractivity contribution in [2.24, 2.45) is 0 Å². The molecule has 0 aliphatic carbocycles. The van der Waals surface area contributed by atoms with Crippen molar-refractivity contribution < 1.29 is 14.5 Å². The summed E-state index contributed by atoms with van der Waals surface area (Å²) in [5.41, 5.74) is 0.804. The van der Waals surface area contributed by atoms with Gasteiger partial charge in [0.1, 0.15) is 0 Å². The fourth-order valence-electron chi connectivity index (χ4n) is 3.67. The first-order chi connectivity index (χ1) is 16.5. The number of hydrogen-bond acceptors (Lipinski definition) is 8. The van der Waals surface area contributed by atoms with Crippen molar-refractivity contribution in [3.8, 4) is 16.4 Å². The van der Waals surface area contributed by atoms with E-state index in [9.17, 15) is 19.7 Å². The van der Waals surface area contributed by atoms with E-state index < -0.39 is 4.92 Å². The fourth-order valence-corrected chi connectivity index (χ4v) is 5.15. The number of nitrogens with zero attached hydrogens (tertiary/aromatic N) is 6. The van der Waals surface area contributed by atoms with Crippen molar-refractivity contribution in [2.45, 2.75) is 0 Å². The lowest BCUT2D eigenvalue weighted by Crippen LogP contribution is -2.50. The van der Waals surface area contributed by atoms with E-state index >= 15 is 0 Å². The Morgan fingerprint density at radius 2 is 1.62 bits per heavy atom. The maximum absolute atomic E-state index is 13.2. The number of rotatable bonds is 5. The number of para-hydroxylation sites is 1. The molecule has 0 saturated carbocycles. The number of hydrogen-bond donors (Lipinski definition) is 0. The zero-order valence-corrected chi connectivity index (χ0v) is 19.4. The Balaban J connectivity index is 1.32. The van der Waals surface area contributed by atoms with E-state index in [4.69, 9.17) is 0 Å². The van der Waals surface area contributed by atoms with E-state index in [1.54, 1.807) is 14.5 Å². The summed E-state index contributed by atoms with van der Waals surface area (Å²) in [6.07, 6.45) is 0. The summed E-state index contributed by atoms with van der Waals surface area (Å²) in [5, 5.41) is 17.3. The minimum Gasteiger partial charge on any atom is -0.334 e. The molecule has 2 amide bonds. The van der Waals surface area contributed by atoms with E-state index in [0.717, 1.165) is 21.9 Å². The lowest BCUT2D eigenvalue weighted by atomic mass is 10.3. The van der Waals surface area contributed by atoms with Crippen LogP contribution in [0.1, 0.15) is 20.3 Å². The lowest BCUT2D eigenvalue weighted by Gasteiger charge is -2.33. The van der Waals surface area contributed by atoms with Gasteiger partial charge in [-0.3, -0.25) is 19.7 Å². The third kappa shape index (κ3) is 4.20. The summed E-state index contributed by atoms with van der Waals surface area (Å²) in [6, 6.07) is 16.2. The number of benzene rings is 1. The standard InChI is InChI=1S/C22H18N6O4S2/c29-21(17-8-9-18(34-17)28(31)32)25-10-12-26(13-11-25)22(30)19-23-20(16-7-4-14-33-16)27(24-19)15-5-2-1-3-6-15/h1-9,14H,10-13H2. The van der Waals surface area contributed by atoms with Gasteiger partial charge in [0.25, 0.3) is 11.8 Å². The predicted molar refractivity (Wildman–Crippen MR) is 127 cm³/mol. The van der Waals surface area contributed by atoms with Gasteiger partial charge in [0.05, 0.1) is 20.4 Å². The van der Waals surface area contributed by atoms with Crippen molar-refractivity contribution in [1.29, 1.82) is 0 Å². The normalized spacial score (nSPS) is 13.8. The molecule has 10 nitrogen and oxygen atoms in total. The zero-order valence-electron chi connectivity index (χ0n) is 17.7. The molecule has 1 aliphatic rings. The van der Waals surface area contributed by atoms with Gasteiger partial charge in [-0.05, 0) is 29.6 Å². The Morgan fingerprint density at radius 1 is 0.912 bits per heavy atom.